The second kappa shape index (κ2) is 6.91. The molecule has 10 nitrogen and oxygen atoms in total. The van der Waals surface area contributed by atoms with Crippen molar-refractivity contribution in [2.24, 2.45) is 17.8 Å². The van der Waals surface area contributed by atoms with Gasteiger partial charge >= 0.3 is 5.97 Å². The number of piperazine rings is 1. The van der Waals surface area contributed by atoms with Crippen molar-refractivity contribution in [1.82, 2.24) is 14.7 Å². The average Bonchev–Trinajstić information content (AvgIpc) is 3.31. The smallest absolute Gasteiger partial charge is 0.325 e. The van der Waals surface area contributed by atoms with Crippen molar-refractivity contribution in [3.63, 3.8) is 0 Å². The van der Waals surface area contributed by atoms with E-state index in [1.54, 1.807) is 26.0 Å². The Balaban J connectivity index is 1.61. The number of methoxy groups -OCH3 is 1. The van der Waals surface area contributed by atoms with Gasteiger partial charge in [0.15, 0.2) is 0 Å². The summed E-state index contributed by atoms with van der Waals surface area (Å²) in [5.74, 6) is -3.47. The third-order valence-corrected chi connectivity index (χ3v) is 7.22. The summed E-state index contributed by atoms with van der Waals surface area (Å²) in [5, 5.41) is 0. The maximum Gasteiger partial charge on any atom is 0.325 e. The fraction of sp³-hybridized carbons (Fsp3) is 0.591. The van der Waals surface area contributed by atoms with Gasteiger partial charge in [-0.25, -0.2) is 0 Å². The molecule has 3 saturated heterocycles. The summed E-state index contributed by atoms with van der Waals surface area (Å²) in [4.78, 5) is 69.6. The van der Waals surface area contributed by atoms with Gasteiger partial charge in [0.2, 0.25) is 23.6 Å². The number of likely N-dealkylation sites (tertiary alicyclic amines) is 1. The Bertz CT molecular complexity index is 1040. The molecule has 4 amide bonds. The van der Waals surface area contributed by atoms with Crippen LogP contribution >= 0.6 is 0 Å². The number of hydrogen-bond acceptors (Lipinski definition) is 7. The molecule has 4 atom stereocenters. The van der Waals surface area contributed by atoms with E-state index in [9.17, 15) is 24.0 Å². The quantitative estimate of drug-likeness (QED) is 0.473. The van der Waals surface area contributed by atoms with Crippen molar-refractivity contribution in [1.29, 1.82) is 0 Å². The first-order chi connectivity index (χ1) is 15.2. The van der Waals surface area contributed by atoms with Crippen LogP contribution in [-0.2, 0) is 28.7 Å². The number of hydrogen-bond donors (Lipinski definition) is 0. The van der Waals surface area contributed by atoms with E-state index in [0.29, 0.717) is 24.0 Å². The van der Waals surface area contributed by atoms with E-state index in [-0.39, 0.29) is 18.4 Å². The normalized spacial score (nSPS) is 32.0. The lowest BCUT2D eigenvalue weighted by Crippen LogP contribution is -2.68. The molecule has 0 spiro atoms. The van der Waals surface area contributed by atoms with Gasteiger partial charge < -0.3 is 19.0 Å². The maximum absolute atomic E-state index is 13.7. The Kier molecular flexibility index (Phi) is 4.48. The van der Waals surface area contributed by atoms with Gasteiger partial charge in [0.1, 0.15) is 29.6 Å². The molecule has 1 saturated carbocycles. The molecule has 0 radical (unpaired) electrons. The number of rotatable bonds is 5. The highest BCUT2D eigenvalue weighted by Crippen LogP contribution is 2.57. The average molecular weight is 443 g/mol. The molecule has 170 valence electrons. The second-order valence-corrected chi connectivity index (χ2v) is 9.28. The second-order valence-electron chi connectivity index (χ2n) is 9.28. The third kappa shape index (κ3) is 2.74. The van der Waals surface area contributed by atoms with Gasteiger partial charge in [0.05, 0.1) is 25.5 Å². The fourth-order valence-corrected chi connectivity index (χ4v) is 5.57. The molecular weight excluding hydrogens is 418 g/mol. The van der Waals surface area contributed by atoms with Gasteiger partial charge in [-0.2, -0.15) is 0 Å². The number of aryl methyl sites for hydroxylation is 1. The number of fused-ring (bicyclic) bond motifs is 3. The first kappa shape index (κ1) is 20.7. The number of nitrogens with zero attached hydrogens (tertiary/aromatic N) is 3. The van der Waals surface area contributed by atoms with Gasteiger partial charge in [-0.3, -0.25) is 28.9 Å². The molecule has 0 bridgehead atoms. The van der Waals surface area contributed by atoms with Crippen LogP contribution in [0.4, 0.5) is 0 Å². The lowest BCUT2D eigenvalue weighted by molar-refractivity contribution is -0.168. The molecule has 4 heterocycles. The molecule has 4 fully saturated rings. The number of furan rings is 1. The largest absolute Gasteiger partial charge is 0.468 e. The lowest BCUT2D eigenvalue weighted by Gasteiger charge is -2.46. The monoisotopic (exact) mass is 443 g/mol. The van der Waals surface area contributed by atoms with E-state index in [4.69, 9.17) is 4.42 Å². The van der Waals surface area contributed by atoms with Crippen molar-refractivity contribution in [3.8, 4) is 0 Å². The molecule has 0 N–H and O–H groups in total. The zero-order valence-electron chi connectivity index (χ0n) is 18.2. The van der Waals surface area contributed by atoms with Gasteiger partial charge in [-0.15, -0.1) is 0 Å². The minimum absolute atomic E-state index is 0.0885. The van der Waals surface area contributed by atoms with Crippen molar-refractivity contribution < 1.29 is 33.1 Å². The summed E-state index contributed by atoms with van der Waals surface area (Å²) in [6.07, 6.45) is 2.01. The van der Waals surface area contributed by atoms with Gasteiger partial charge in [0.25, 0.3) is 0 Å². The van der Waals surface area contributed by atoms with Crippen molar-refractivity contribution in [2.75, 3.05) is 26.7 Å². The Morgan fingerprint density at radius 2 is 1.91 bits per heavy atom. The van der Waals surface area contributed by atoms with Crippen LogP contribution in [-0.4, -0.2) is 76.6 Å². The summed E-state index contributed by atoms with van der Waals surface area (Å²) in [7, 11) is 1.17. The number of esters is 1. The van der Waals surface area contributed by atoms with E-state index >= 15 is 0 Å². The summed E-state index contributed by atoms with van der Waals surface area (Å²) >= 11 is 0. The summed E-state index contributed by atoms with van der Waals surface area (Å²) in [6.45, 7) is 3.14. The summed E-state index contributed by atoms with van der Waals surface area (Å²) in [5.41, 5.74) is -1.54. The lowest BCUT2D eigenvalue weighted by atomic mass is 9.79. The van der Waals surface area contributed by atoms with Crippen molar-refractivity contribution in [3.05, 3.63) is 23.7 Å². The van der Waals surface area contributed by atoms with Crippen molar-refractivity contribution in [2.45, 2.75) is 38.3 Å². The number of amides is 4. The Morgan fingerprint density at radius 3 is 2.50 bits per heavy atom. The zero-order chi connectivity index (χ0) is 22.9. The molecule has 3 aliphatic heterocycles. The minimum Gasteiger partial charge on any atom is -0.468 e. The van der Waals surface area contributed by atoms with Gasteiger partial charge in [-0.05, 0) is 44.7 Å². The van der Waals surface area contributed by atoms with Crippen LogP contribution < -0.4 is 0 Å². The maximum atomic E-state index is 13.7. The number of carbonyl (C=O) groups excluding carboxylic acids is 5. The highest BCUT2D eigenvalue weighted by atomic mass is 16.5. The molecule has 10 heteroatoms. The molecular formula is C22H25N3O7. The van der Waals surface area contributed by atoms with E-state index in [0.717, 1.165) is 17.7 Å². The number of imide groups is 1. The van der Waals surface area contributed by atoms with Gasteiger partial charge in [-0.1, -0.05) is 0 Å². The van der Waals surface area contributed by atoms with Crippen LogP contribution in [0.5, 0.6) is 0 Å². The molecule has 4 aliphatic rings. The van der Waals surface area contributed by atoms with Gasteiger partial charge in [0, 0.05) is 6.54 Å². The van der Waals surface area contributed by atoms with E-state index < -0.39 is 47.7 Å². The standard InChI is InChI=1S/C22H25N3O7/c1-11-4-7-13(32-11)18-16-17(20(29)24(19(16)28)10-15(27)31-3)22(2)21(30)23(8-12-5-6-12)9-14(26)25(18)22/h4,7,12,16-18H,5-6,8-10H2,1-3H3/t16?,17?,18?,22-/m1/s1. The topological polar surface area (TPSA) is 117 Å². The zero-order valence-corrected chi connectivity index (χ0v) is 18.2. The first-order valence-electron chi connectivity index (χ1n) is 10.8. The van der Waals surface area contributed by atoms with Crippen LogP contribution in [0.25, 0.3) is 0 Å². The van der Waals surface area contributed by atoms with Crippen LogP contribution in [0, 0.1) is 24.7 Å². The third-order valence-electron chi connectivity index (χ3n) is 7.22. The Hall–Kier alpha value is -3.17. The number of ether oxygens (including phenoxy) is 1. The molecule has 1 aromatic heterocycles. The fourth-order valence-electron chi connectivity index (χ4n) is 5.57. The molecule has 3 unspecified atom stereocenters. The molecule has 32 heavy (non-hydrogen) atoms. The molecule has 0 aromatic carbocycles. The first-order valence-corrected chi connectivity index (χ1v) is 10.8. The van der Waals surface area contributed by atoms with E-state index in [1.165, 1.54) is 16.9 Å². The van der Waals surface area contributed by atoms with Crippen molar-refractivity contribution >= 4 is 29.6 Å². The highest BCUT2D eigenvalue weighted by Gasteiger charge is 2.73. The van der Waals surface area contributed by atoms with Crippen LogP contribution in [0.3, 0.4) is 0 Å². The SMILES string of the molecule is COC(=O)CN1C(=O)C2C(c3ccc(C)o3)N3C(=O)CN(CC4CC4)C(=O)[C@@]3(C)C2C1=O. The molecule has 5 rings (SSSR count). The van der Waals surface area contributed by atoms with Crippen LogP contribution in [0.15, 0.2) is 16.5 Å². The summed E-state index contributed by atoms with van der Waals surface area (Å²) < 4.78 is 10.4. The van der Waals surface area contributed by atoms with E-state index in [2.05, 4.69) is 4.74 Å². The molecule has 1 aliphatic carbocycles. The highest BCUT2D eigenvalue weighted by molar-refractivity contribution is 6.13. The predicted molar refractivity (Wildman–Crippen MR) is 106 cm³/mol. The summed E-state index contributed by atoms with van der Waals surface area (Å²) in [6, 6.07) is 2.47. The molecule has 1 aromatic rings. The Labute approximate surface area is 184 Å². The van der Waals surface area contributed by atoms with E-state index in [1.807, 2.05) is 0 Å². The van der Waals surface area contributed by atoms with Crippen LogP contribution in [0.2, 0.25) is 0 Å². The number of carbonyl (C=O) groups is 5. The minimum atomic E-state index is -1.54. The Morgan fingerprint density at radius 1 is 1.19 bits per heavy atom. The predicted octanol–water partition coefficient (Wildman–Crippen LogP) is 0.256. The van der Waals surface area contributed by atoms with Crippen LogP contribution in [0.1, 0.15) is 37.3 Å².